The summed E-state index contributed by atoms with van der Waals surface area (Å²) in [4.78, 5) is 12.1. The third-order valence-corrected chi connectivity index (χ3v) is 3.25. The van der Waals surface area contributed by atoms with Crippen molar-refractivity contribution in [3.63, 3.8) is 0 Å². The van der Waals surface area contributed by atoms with E-state index >= 15 is 0 Å². The maximum atomic E-state index is 12.1. The zero-order valence-electron chi connectivity index (χ0n) is 12.8. The van der Waals surface area contributed by atoms with Gasteiger partial charge in [-0.3, -0.25) is 9.48 Å². The normalized spacial score (nSPS) is 11.6. The van der Waals surface area contributed by atoms with Gasteiger partial charge in [-0.1, -0.05) is 5.16 Å². The number of alkyl halides is 3. The standard InChI is InChI=1S/C15H13F3N4O3/c16-15(17,18)4-2-5-22-9-10(8-19-22)20-14(23)11-7-13(25-21-11)12-3-1-6-24-12/h1,3,6-9H,2,4-5H2,(H,20,23). The van der Waals surface area contributed by atoms with Gasteiger partial charge in [0.2, 0.25) is 5.76 Å². The molecular weight excluding hydrogens is 341 g/mol. The number of nitrogens with one attached hydrogen (secondary N) is 1. The van der Waals surface area contributed by atoms with Gasteiger partial charge in [-0.25, -0.2) is 0 Å². The fraction of sp³-hybridized carbons (Fsp3) is 0.267. The molecule has 0 unspecified atom stereocenters. The number of hydrogen-bond acceptors (Lipinski definition) is 5. The fourth-order valence-corrected chi connectivity index (χ4v) is 2.10. The van der Waals surface area contributed by atoms with E-state index in [9.17, 15) is 18.0 Å². The number of amides is 1. The Balaban J connectivity index is 1.57. The fourth-order valence-electron chi connectivity index (χ4n) is 2.10. The molecule has 0 aliphatic rings. The molecule has 3 heterocycles. The van der Waals surface area contributed by atoms with Gasteiger partial charge in [0, 0.05) is 25.2 Å². The lowest BCUT2D eigenvalue weighted by atomic mass is 10.3. The highest BCUT2D eigenvalue weighted by molar-refractivity contribution is 6.03. The maximum absolute atomic E-state index is 12.1. The molecule has 0 atom stereocenters. The van der Waals surface area contributed by atoms with Crippen LogP contribution in [0.3, 0.4) is 0 Å². The molecule has 0 aromatic carbocycles. The number of carbonyl (C=O) groups excluding carboxylic acids is 1. The molecule has 132 valence electrons. The summed E-state index contributed by atoms with van der Waals surface area (Å²) in [5.41, 5.74) is 0.385. The monoisotopic (exact) mass is 354 g/mol. The zero-order valence-corrected chi connectivity index (χ0v) is 12.8. The number of carbonyl (C=O) groups is 1. The second kappa shape index (κ2) is 6.83. The molecule has 0 saturated heterocycles. The van der Waals surface area contributed by atoms with Crippen molar-refractivity contribution in [3.8, 4) is 11.5 Å². The van der Waals surface area contributed by atoms with Crippen LogP contribution >= 0.6 is 0 Å². The molecule has 0 aliphatic heterocycles. The SMILES string of the molecule is O=C(Nc1cnn(CCCC(F)(F)F)c1)c1cc(-c2ccco2)on1. The maximum Gasteiger partial charge on any atom is 0.389 e. The van der Waals surface area contributed by atoms with E-state index in [0.717, 1.165) is 0 Å². The van der Waals surface area contributed by atoms with E-state index in [1.165, 1.54) is 29.4 Å². The summed E-state index contributed by atoms with van der Waals surface area (Å²) >= 11 is 0. The Kier molecular flexibility index (Phi) is 4.59. The highest BCUT2D eigenvalue weighted by atomic mass is 19.4. The Bertz CT molecular complexity index is 836. The molecule has 1 amide bonds. The Morgan fingerprint density at radius 3 is 2.88 bits per heavy atom. The number of rotatable bonds is 6. The second-order valence-electron chi connectivity index (χ2n) is 5.22. The second-order valence-corrected chi connectivity index (χ2v) is 5.22. The van der Waals surface area contributed by atoms with Crippen molar-refractivity contribution in [2.75, 3.05) is 5.32 Å². The summed E-state index contributed by atoms with van der Waals surface area (Å²) in [7, 11) is 0. The van der Waals surface area contributed by atoms with E-state index in [-0.39, 0.29) is 18.7 Å². The molecule has 0 fully saturated rings. The van der Waals surface area contributed by atoms with Gasteiger partial charge >= 0.3 is 6.18 Å². The first-order valence-corrected chi connectivity index (χ1v) is 7.32. The van der Waals surface area contributed by atoms with Gasteiger partial charge in [0.25, 0.3) is 5.91 Å². The number of aryl methyl sites for hydroxylation is 1. The van der Waals surface area contributed by atoms with E-state index in [0.29, 0.717) is 17.2 Å². The highest BCUT2D eigenvalue weighted by Gasteiger charge is 2.26. The summed E-state index contributed by atoms with van der Waals surface area (Å²) in [6.07, 6.45) is -0.911. The smallest absolute Gasteiger partial charge is 0.389 e. The first-order chi connectivity index (χ1) is 11.9. The van der Waals surface area contributed by atoms with Crippen LogP contribution in [-0.2, 0) is 6.54 Å². The molecule has 0 radical (unpaired) electrons. The van der Waals surface area contributed by atoms with Crippen molar-refractivity contribution in [1.29, 1.82) is 0 Å². The quantitative estimate of drug-likeness (QED) is 0.729. The number of aromatic nitrogens is 3. The minimum atomic E-state index is -4.19. The Morgan fingerprint density at radius 1 is 1.32 bits per heavy atom. The first kappa shape index (κ1) is 16.8. The van der Waals surface area contributed by atoms with Crippen molar-refractivity contribution in [1.82, 2.24) is 14.9 Å². The van der Waals surface area contributed by atoms with Gasteiger partial charge in [0.05, 0.1) is 18.1 Å². The van der Waals surface area contributed by atoms with Crippen molar-refractivity contribution >= 4 is 11.6 Å². The lowest BCUT2D eigenvalue weighted by Gasteiger charge is -2.05. The van der Waals surface area contributed by atoms with Gasteiger partial charge in [0.15, 0.2) is 11.5 Å². The number of halogens is 3. The van der Waals surface area contributed by atoms with Crippen LogP contribution in [-0.4, -0.2) is 27.0 Å². The number of furan rings is 1. The molecule has 25 heavy (non-hydrogen) atoms. The highest BCUT2D eigenvalue weighted by Crippen LogP contribution is 2.22. The number of nitrogens with zero attached hydrogens (tertiary/aromatic N) is 3. The lowest BCUT2D eigenvalue weighted by Crippen LogP contribution is -2.12. The molecule has 3 aromatic rings. The van der Waals surface area contributed by atoms with Gasteiger partial charge in [0.1, 0.15) is 0 Å². The van der Waals surface area contributed by atoms with E-state index < -0.39 is 18.5 Å². The molecule has 3 rings (SSSR count). The van der Waals surface area contributed by atoms with Gasteiger partial charge in [-0.15, -0.1) is 0 Å². The predicted octanol–water partition coefficient (Wildman–Crippen LogP) is 3.73. The van der Waals surface area contributed by atoms with E-state index in [4.69, 9.17) is 8.94 Å². The first-order valence-electron chi connectivity index (χ1n) is 7.32. The van der Waals surface area contributed by atoms with E-state index in [1.54, 1.807) is 12.1 Å². The molecule has 3 aromatic heterocycles. The largest absolute Gasteiger partial charge is 0.461 e. The molecule has 10 heteroatoms. The van der Waals surface area contributed by atoms with Gasteiger partial charge < -0.3 is 14.3 Å². The molecule has 1 N–H and O–H groups in total. The molecule has 0 saturated carbocycles. The minimum Gasteiger partial charge on any atom is -0.461 e. The Hall–Kier alpha value is -3.04. The lowest BCUT2D eigenvalue weighted by molar-refractivity contribution is -0.136. The summed E-state index contributed by atoms with van der Waals surface area (Å²) in [5, 5.41) is 10.1. The zero-order chi connectivity index (χ0) is 17.9. The molecule has 0 aliphatic carbocycles. The molecule has 7 nitrogen and oxygen atoms in total. The summed E-state index contributed by atoms with van der Waals surface area (Å²) in [6, 6.07) is 4.75. The van der Waals surface area contributed by atoms with Crippen LogP contribution in [0.25, 0.3) is 11.5 Å². The molecular formula is C15H13F3N4O3. The average molecular weight is 354 g/mol. The van der Waals surface area contributed by atoms with Crippen LogP contribution in [0, 0.1) is 0 Å². The number of hydrogen-bond donors (Lipinski definition) is 1. The van der Waals surface area contributed by atoms with E-state index in [1.807, 2.05) is 0 Å². The minimum absolute atomic E-state index is 0.0382. The van der Waals surface area contributed by atoms with E-state index in [2.05, 4.69) is 15.6 Å². The topological polar surface area (TPSA) is 86.1 Å². The van der Waals surface area contributed by atoms with Gasteiger partial charge in [-0.2, -0.15) is 18.3 Å². The molecule has 0 bridgehead atoms. The van der Waals surface area contributed by atoms with Gasteiger partial charge in [-0.05, 0) is 18.6 Å². The predicted molar refractivity (Wildman–Crippen MR) is 79.7 cm³/mol. The van der Waals surface area contributed by atoms with Crippen molar-refractivity contribution in [3.05, 3.63) is 42.5 Å². The average Bonchev–Trinajstić information content (AvgIpc) is 3.27. The third kappa shape index (κ3) is 4.49. The van der Waals surface area contributed by atoms with Crippen LogP contribution in [0.15, 0.2) is 45.8 Å². The number of anilines is 1. The van der Waals surface area contributed by atoms with Crippen molar-refractivity contribution in [2.24, 2.45) is 0 Å². The van der Waals surface area contributed by atoms with Crippen LogP contribution < -0.4 is 5.32 Å². The van der Waals surface area contributed by atoms with Crippen molar-refractivity contribution in [2.45, 2.75) is 25.6 Å². The van der Waals surface area contributed by atoms with Crippen LogP contribution in [0.2, 0.25) is 0 Å². The molecule has 0 spiro atoms. The van der Waals surface area contributed by atoms with Crippen LogP contribution in [0.5, 0.6) is 0 Å². The van der Waals surface area contributed by atoms with Crippen LogP contribution in [0.1, 0.15) is 23.3 Å². The van der Waals surface area contributed by atoms with Crippen molar-refractivity contribution < 1.29 is 26.9 Å². The summed E-state index contributed by atoms with van der Waals surface area (Å²) in [6.45, 7) is 0.0992. The third-order valence-electron chi connectivity index (χ3n) is 3.25. The summed E-state index contributed by atoms with van der Waals surface area (Å²) < 4.78 is 47.8. The Labute approximate surface area is 139 Å². The Morgan fingerprint density at radius 2 is 2.16 bits per heavy atom. The van der Waals surface area contributed by atoms with Crippen LogP contribution in [0.4, 0.5) is 18.9 Å². The summed E-state index contributed by atoms with van der Waals surface area (Å²) in [5.74, 6) is 0.207.